The molecule has 0 aliphatic heterocycles. The molecule has 6 heterocycles. The Hall–Kier alpha value is -14.2. The number of hydrogen-bond donors (Lipinski definition) is 8. The molecule has 13 N–H and O–H groups in total. The minimum Gasteiger partial charge on any atom is -0.495 e. The van der Waals surface area contributed by atoms with Gasteiger partial charge in [0, 0.05) is 103 Å². The van der Waals surface area contributed by atoms with Crippen molar-refractivity contribution >= 4 is 86.7 Å². The fourth-order valence-corrected chi connectivity index (χ4v) is 12.4. The van der Waals surface area contributed by atoms with Gasteiger partial charge < -0.3 is 91.8 Å². The Morgan fingerprint density at radius 3 is 0.934 bits per heavy atom. The van der Waals surface area contributed by atoms with Gasteiger partial charge in [-0.3, -0.25) is 37.2 Å². The van der Waals surface area contributed by atoms with Crippen molar-refractivity contribution in [3.8, 4) is 51.0 Å². The Kier molecular flexibility index (Phi) is 31.9. The number of nitrogen functional groups attached to an aromatic ring is 3. The Labute approximate surface area is 694 Å². The Morgan fingerprint density at radius 1 is 0.347 bits per heavy atom. The molecule has 0 bridgehead atoms. The molecule has 630 valence electrons. The molecule has 33 heteroatoms. The monoisotopic (exact) mass is 1650 g/mol. The largest absolute Gasteiger partial charge is 0.495 e. The third-order valence-corrected chi connectivity index (χ3v) is 18.7. The third-order valence-electron chi connectivity index (χ3n) is 18.7. The number of pyridine rings is 3. The number of anilines is 3. The number of carbonyl (C=O) groups excluding carboxylic acids is 8. The summed E-state index contributed by atoms with van der Waals surface area (Å²) in [6.45, 7) is 6.13. The number of carboxylic acids is 1. The van der Waals surface area contributed by atoms with Crippen LogP contribution in [0.1, 0.15) is 136 Å². The zero-order valence-electron chi connectivity index (χ0n) is 67.4. The molecule has 0 aliphatic rings. The second-order valence-corrected chi connectivity index (χ2v) is 26.7. The number of ether oxygens (including phenoxy) is 10. The van der Waals surface area contributed by atoms with E-state index in [1.165, 1.54) is 83.6 Å². The number of hydrogen-bond acceptors (Lipinski definition) is 27. The quantitative estimate of drug-likeness (QED) is 0.00586. The molecule has 12 aromatic rings. The van der Waals surface area contributed by atoms with Crippen molar-refractivity contribution in [3.05, 3.63) is 250 Å². The van der Waals surface area contributed by atoms with E-state index < -0.39 is 41.2 Å². The maximum atomic E-state index is 13.9. The number of rotatable bonds is 38. The van der Waals surface area contributed by atoms with Gasteiger partial charge in [0.2, 0.25) is 17.3 Å². The van der Waals surface area contributed by atoms with Gasteiger partial charge in [-0.25, -0.2) is 34.1 Å². The number of aromatic carboxylic acids is 1. The fourth-order valence-electron chi connectivity index (χ4n) is 12.4. The summed E-state index contributed by atoms with van der Waals surface area (Å²) in [7, 11) is 8.21. The van der Waals surface area contributed by atoms with E-state index in [1.807, 2.05) is 0 Å². The van der Waals surface area contributed by atoms with Gasteiger partial charge in [0.15, 0.2) is 17.5 Å². The number of aromatic nitrogens is 6. The third kappa shape index (κ3) is 22.3. The van der Waals surface area contributed by atoms with Crippen LogP contribution in [0.25, 0.3) is 50.3 Å². The summed E-state index contributed by atoms with van der Waals surface area (Å²) in [5.74, 6) is -3.46. The van der Waals surface area contributed by atoms with Gasteiger partial charge in [-0.15, -0.1) is 0 Å². The Bertz CT molecular complexity index is 5520. The smallest absolute Gasteiger partial charge is 0.337 e. The van der Waals surface area contributed by atoms with Gasteiger partial charge in [-0.1, -0.05) is 36.4 Å². The van der Waals surface area contributed by atoms with Crippen LogP contribution in [0.3, 0.4) is 0 Å². The lowest BCUT2D eigenvalue weighted by Gasteiger charge is -2.09. The minimum absolute atomic E-state index is 0.0286. The molecule has 33 nitrogen and oxygen atoms in total. The second kappa shape index (κ2) is 43.3. The van der Waals surface area contributed by atoms with Gasteiger partial charge >= 0.3 is 23.9 Å². The summed E-state index contributed by atoms with van der Waals surface area (Å²) in [5.41, 5.74) is 35.9. The number of carbonyl (C=O) groups is 9. The molecule has 0 radical (unpaired) electrons. The zero-order chi connectivity index (χ0) is 86.7. The number of ketones is 3. The van der Waals surface area contributed by atoms with E-state index in [1.54, 1.807) is 155 Å². The van der Waals surface area contributed by atoms with Crippen molar-refractivity contribution in [1.29, 1.82) is 0 Å². The fraction of sp³-hybridized carbons (Fsp3) is 0.250. The number of methoxy groups -OCH3 is 6. The van der Waals surface area contributed by atoms with Crippen LogP contribution >= 0.6 is 0 Å². The van der Waals surface area contributed by atoms with Gasteiger partial charge in [0.1, 0.15) is 17.2 Å². The Balaban J connectivity index is 0.000000278. The van der Waals surface area contributed by atoms with Crippen LogP contribution < -0.4 is 53.5 Å². The highest BCUT2D eigenvalue weighted by Gasteiger charge is 2.28. The minimum atomic E-state index is -1.12. The lowest BCUT2D eigenvalue weighted by molar-refractivity contribution is 0.0459. The first-order chi connectivity index (χ1) is 58.6. The summed E-state index contributed by atoms with van der Waals surface area (Å²) in [6.07, 6.45) is 7.55. The standard InChI is InChI=1S/C56H54N8O12.C24H19N3O6.C8H20N2O2/c1-71-45-31-35(13-15-41(45)57)49(65)51-61-47(33-9-5-11-39(27-33)55(69)73-3)43-29-37(17-21-63(43)51)53(67)59-19-7-23-75-25-26-76-24-8-20-60-54(68)38-18-22-64-44(30-38)48(34-10-6-12-40(28-34)56(70)74-4)62-52(64)50(66)36-14-16-42(58)46(32-36)72-2;1-32-19-12-14(6-7-17(19)25)21(28)22-26-20(13-4-3-5-16(10-13)24(31)33-2)18-11-15(23(29)30)8-9-27(18)22;9-3-1-5-11-7-8-12-6-2-4-10/h5-6,9-18,21-22,27-32H,7-8,19-20,23-26,57-58H2,1-4H3,(H,59,67)(H,60,68);3-12H,25H2,1-2H3,(H,29,30);1-10H2. The second-order valence-electron chi connectivity index (χ2n) is 26.7. The summed E-state index contributed by atoms with van der Waals surface area (Å²) in [5, 5.41) is 15.3. The van der Waals surface area contributed by atoms with Crippen LogP contribution in [0.5, 0.6) is 17.2 Å². The first kappa shape index (κ1) is 89.1. The predicted octanol–water partition coefficient (Wildman–Crippen LogP) is 9.53. The van der Waals surface area contributed by atoms with Crippen LogP contribution in [-0.2, 0) is 33.2 Å². The van der Waals surface area contributed by atoms with E-state index in [-0.39, 0.29) is 57.1 Å². The van der Waals surface area contributed by atoms with Crippen LogP contribution in [0.2, 0.25) is 0 Å². The number of amides is 2. The van der Waals surface area contributed by atoms with Crippen molar-refractivity contribution in [2.75, 3.05) is 139 Å². The first-order valence-electron chi connectivity index (χ1n) is 38.2. The highest BCUT2D eigenvalue weighted by Crippen LogP contribution is 2.34. The molecule has 0 fully saturated rings. The molecule has 12 rings (SSSR count). The van der Waals surface area contributed by atoms with Crippen molar-refractivity contribution in [2.45, 2.75) is 25.7 Å². The highest BCUT2D eigenvalue weighted by atomic mass is 16.5. The number of fused-ring (bicyclic) bond motifs is 3. The van der Waals surface area contributed by atoms with E-state index in [0.717, 1.165) is 26.1 Å². The molecular weight excluding hydrogens is 1560 g/mol. The highest BCUT2D eigenvalue weighted by molar-refractivity contribution is 6.11. The van der Waals surface area contributed by atoms with Crippen molar-refractivity contribution < 1.29 is 95.6 Å². The number of nitrogens with one attached hydrogen (secondary N) is 2. The maximum Gasteiger partial charge on any atom is 0.337 e. The van der Waals surface area contributed by atoms with Gasteiger partial charge in [0.05, 0.1) is 142 Å². The molecule has 0 saturated heterocycles. The lowest BCUT2D eigenvalue weighted by atomic mass is 10.1. The molecule has 0 spiro atoms. The molecule has 0 atom stereocenters. The number of esters is 3. The lowest BCUT2D eigenvalue weighted by Crippen LogP contribution is -2.26. The summed E-state index contributed by atoms with van der Waals surface area (Å²) in [6, 6.07) is 43.1. The van der Waals surface area contributed by atoms with Crippen molar-refractivity contribution in [1.82, 2.24) is 38.8 Å². The predicted molar refractivity (Wildman–Crippen MR) is 450 cm³/mol. The molecular formula is C88H93N13O20. The average molecular weight is 1650 g/mol. The summed E-state index contributed by atoms with van der Waals surface area (Å²) < 4.78 is 57.0. The number of imidazole rings is 3. The molecule has 6 aromatic heterocycles. The SMILES string of the molecule is COC(=O)c1cccc(-c2nc(C(=O)c3ccc(N)c(OC)c3)n3ccc(C(=O)NCCCOCCOCCCNC(=O)c4ccn5c(C(=O)c6ccc(N)c(OC)c6)nc(-c6cccc(C(=O)OC)c6)c5c4)cc23)c1.COC(=O)c1cccc(-c2nc(C(=O)c3ccc(N)c(OC)c3)n3ccc(C(=O)O)cc23)c1.NCCCOCCOCCCN. The van der Waals surface area contributed by atoms with Crippen molar-refractivity contribution in [3.63, 3.8) is 0 Å². The van der Waals surface area contributed by atoms with E-state index in [4.69, 9.17) is 86.0 Å². The zero-order valence-corrected chi connectivity index (χ0v) is 67.4. The van der Waals surface area contributed by atoms with E-state index in [2.05, 4.69) is 15.6 Å². The van der Waals surface area contributed by atoms with Crippen LogP contribution in [-0.4, -0.2) is 208 Å². The molecule has 0 unspecified atom stereocenters. The first-order valence-corrected chi connectivity index (χ1v) is 38.2. The van der Waals surface area contributed by atoms with E-state index >= 15 is 0 Å². The Morgan fingerprint density at radius 2 is 0.645 bits per heavy atom. The van der Waals surface area contributed by atoms with E-state index in [9.17, 15) is 48.3 Å². The average Bonchev–Trinajstić information content (AvgIpc) is 1.63. The molecule has 0 saturated carbocycles. The van der Waals surface area contributed by atoms with E-state index in [0.29, 0.717) is 186 Å². The number of nitrogens with zero attached hydrogens (tertiary/aromatic N) is 6. The van der Waals surface area contributed by atoms with Crippen LogP contribution in [0.4, 0.5) is 17.1 Å². The number of nitrogens with two attached hydrogens (primary N) is 5. The molecule has 2 amide bonds. The summed E-state index contributed by atoms with van der Waals surface area (Å²) in [4.78, 5) is 130. The molecule has 0 aliphatic carbocycles. The topological polar surface area (TPSA) is 472 Å². The normalized spacial score (nSPS) is 10.9. The molecule has 121 heavy (non-hydrogen) atoms. The van der Waals surface area contributed by atoms with Crippen LogP contribution in [0, 0.1) is 0 Å². The number of carboxylic acid groups (broad SMARTS) is 1. The maximum absolute atomic E-state index is 13.9. The van der Waals surface area contributed by atoms with Gasteiger partial charge in [0.25, 0.3) is 11.8 Å². The molecule has 6 aromatic carbocycles. The summed E-state index contributed by atoms with van der Waals surface area (Å²) >= 11 is 0. The van der Waals surface area contributed by atoms with Crippen molar-refractivity contribution in [2.24, 2.45) is 11.5 Å². The number of benzene rings is 6. The van der Waals surface area contributed by atoms with Gasteiger partial charge in [-0.05, 0) is 166 Å². The van der Waals surface area contributed by atoms with Crippen LogP contribution in [0.15, 0.2) is 182 Å². The van der Waals surface area contributed by atoms with Gasteiger partial charge in [-0.2, -0.15) is 0 Å².